The predicted molar refractivity (Wildman–Crippen MR) is 55.6 cm³/mol. The van der Waals surface area contributed by atoms with E-state index in [1.54, 1.807) is 0 Å². The van der Waals surface area contributed by atoms with Crippen LogP contribution in [0.15, 0.2) is 0 Å². The molecule has 5 heteroatoms. The Balaban J connectivity index is 0.000000424. The minimum atomic E-state index is -0.472. The van der Waals surface area contributed by atoms with Gasteiger partial charge in [-0.15, -0.1) is 13.1 Å². The summed E-state index contributed by atoms with van der Waals surface area (Å²) in [7, 11) is 9.75. The molecule has 0 heterocycles. The number of rotatable bonds is 2. The largest absolute Gasteiger partial charge is 0.677 e. The molecule has 0 unspecified atom stereocenters. The van der Waals surface area contributed by atoms with Crippen LogP contribution in [0.3, 0.4) is 0 Å². The first-order chi connectivity index (χ1) is 6.24. The third kappa shape index (κ3) is 5.59. The molecule has 13 heavy (non-hydrogen) atoms. The van der Waals surface area contributed by atoms with E-state index in [4.69, 9.17) is 30.3 Å². The van der Waals surface area contributed by atoms with Gasteiger partial charge in [0.15, 0.2) is 0 Å². The number of halogens is 2. The van der Waals surface area contributed by atoms with Gasteiger partial charge in [0.05, 0.1) is 0 Å². The Labute approximate surface area is 97.1 Å². The van der Waals surface area contributed by atoms with Crippen molar-refractivity contribution in [3.63, 3.8) is 0 Å². The number of nitrogens with one attached hydrogen (secondary N) is 2. The van der Waals surface area contributed by atoms with E-state index >= 15 is 0 Å². The molecule has 1 aliphatic carbocycles. The average molecular weight is 406 g/mol. The minimum absolute atomic E-state index is 0.0955. The summed E-state index contributed by atoms with van der Waals surface area (Å²) >= 11 is -0.472. The monoisotopic (exact) mass is 405 g/mol. The molecule has 0 atom stereocenters. The van der Waals surface area contributed by atoms with Gasteiger partial charge in [0.25, 0.3) is 0 Å². The van der Waals surface area contributed by atoms with E-state index in [9.17, 15) is 0 Å². The molecule has 0 amide bonds. The summed E-state index contributed by atoms with van der Waals surface area (Å²) in [5.41, 5.74) is 14.7. The Bertz CT molecular complexity index is 113. The third-order valence-corrected chi connectivity index (χ3v) is 2.66. The Morgan fingerprint density at radius 2 is 1.38 bits per heavy atom. The van der Waals surface area contributed by atoms with E-state index in [1.165, 1.54) is 19.3 Å². The van der Waals surface area contributed by atoms with Crippen LogP contribution in [-0.2, 0) is 16.5 Å². The second-order valence-electron chi connectivity index (χ2n) is 3.46. The number of hydrogen-bond donors (Lipinski definition) is 0. The summed E-state index contributed by atoms with van der Waals surface area (Å²) in [6, 6.07) is 0. The van der Waals surface area contributed by atoms with Crippen LogP contribution in [0, 0.1) is 5.41 Å². The van der Waals surface area contributed by atoms with Gasteiger partial charge in [0, 0.05) is 0 Å². The zero-order valence-corrected chi connectivity index (χ0v) is 11.3. The maximum Gasteiger partial charge on any atom is -0.0509 e. The van der Waals surface area contributed by atoms with Gasteiger partial charge in [-0.2, -0.15) is 0 Å². The van der Waals surface area contributed by atoms with E-state index in [-0.39, 0.29) is 5.41 Å². The van der Waals surface area contributed by atoms with Crippen LogP contribution in [0.25, 0.3) is 11.5 Å². The van der Waals surface area contributed by atoms with Crippen LogP contribution in [0.5, 0.6) is 0 Å². The quantitative estimate of drug-likeness (QED) is 0.652. The molecule has 0 bridgehead atoms. The molecule has 0 spiro atoms. The van der Waals surface area contributed by atoms with Crippen molar-refractivity contribution in [1.82, 2.24) is 0 Å². The van der Waals surface area contributed by atoms with Crippen LogP contribution in [0.1, 0.15) is 32.1 Å². The van der Waals surface area contributed by atoms with Gasteiger partial charge < -0.3 is 11.5 Å². The molecule has 1 fully saturated rings. The Kier molecular flexibility index (Phi) is 9.27. The van der Waals surface area contributed by atoms with Crippen molar-refractivity contribution in [2.45, 2.75) is 32.1 Å². The van der Waals surface area contributed by atoms with Gasteiger partial charge in [-0.1, -0.05) is 37.5 Å². The maximum atomic E-state index is 7.33. The zero-order chi connectivity index (χ0) is 10.2. The van der Waals surface area contributed by atoms with Gasteiger partial charge in [-0.05, 0) is 0 Å². The van der Waals surface area contributed by atoms with Gasteiger partial charge in [0.2, 0.25) is 0 Å². The van der Waals surface area contributed by atoms with Gasteiger partial charge >= 0.3 is 35.3 Å². The van der Waals surface area contributed by atoms with Crippen molar-refractivity contribution in [2.75, 3.05) is 13.1 Å². The summed E-state index contributed by atoms with van der Waals surface area (Å²) < 4.78 is 0. The predicted octanol–water partition coefficient (Wildman–Crippen LogP) is 4.42. The van der Waals surface area contributed by atoms with E-state index in [1.807, 2.05) is 0 Å². The summed E-state index contributed by atoms with van der Waals surface area (Å²) in [6.45, 7) is 0.938. The average Bonchev–Trinajstić information content (AvgIpc) is 2.20. The fourth-order valence-electron chi connectivity index (χ4n) is 1.72. The van der Waals surface area contributed by atoms with Crippen molar-refractivity contribution < 1.29 is 16.5 Å². The van der Waals surface area contributed by atoms with Crippen LogP contribution in [0.2, 0.25) is 0 Å². The molecule has 0 aromatic heterocycles. The minimum Gasteiger partial charge on any atom is -0.677 e. The van der Waals surface area contributed by atoms with Crippen molar-refractivity contribution in [3.05, 3.63) is 11.5 Å². The standard InChI is InChI=1S/C8H16N2.2ClH.Pt/c9-6-8(7-10)4-2-1-3-5-8;;;/h9-10H,1-7H2;2*1H;/q-2;;;+4/p-2. The van der Waals surface area contributed by atoms with Crippen LogP contribution < -0.4 is 0 Å². The molecule has 0 radical (unpaired) electrons. The van der Waals surface area contributed by atoms with Crippen molar-refractivity contribution in [3.8, 4) is 0 Å². The normalized spacial score (nSPS) is 20.6. The molecule has 1 saturated carbocycles. The van der Waals surface area contributed by atoms with E-state index in [2.05, 4.69) is 0 Å². The first kappa shape index (κ1) is 14.2. The zero-order valence-electron chi connectivity index (χ0n) is 7.52. The van der Waals surface area contributed by atoms with Crippen molar-refractivity contribution >= 4 is 18.8 Å². The molecule has 2 N–H and O–H groups in total. The van der Waals surface area contributed by atoms with Gasteiger partial charge in [0.1, 0.15) is 0 Å². The Morgan fingerprint density at radius 1 is 1.00 bits per heavy atom. The van der Waals surface area contributed by atoms with Gasteiger partial charge in [-0.3, -0.25) is 0 Å². The topological polar surface area (TPSA) is 47.6 Å². The first-order valence-electron chi connectivity index (χ1n) is 4.36. The fourth-order valence-corrected chi connectivity index (χ4v) is 1.72. The third-order valence-electron chi connectivity index (χ3n) is 2.66. The van der Waals surface area contributed by atoms with Gasteiger partial charge in [-0.25, -0.2) is 0 Å². The summed E-state index contributed by atoms with van der Waals surface area (Å²) in [6.07, 6.45) is 6.07. The first-order valence-corrected chi connectivity index (χ1v) is 9.99. The second-order valence-corrected chi connectivity index (χ2v) is 6.74. The summed E-state index contributed by atoms with van der Waals surface area (Å²) in [5, 5.41) is 0. The molecule has 1 aliphatic rings. The molecule has 0 aromatic carbocycles. The van der Waals surface area contributed by atoms with E-state index in [0.717, 1.165) is 12.8 Å². The molecule has 1 rings (SSSR count). The molecular weight excluding hydrogens is 390 g/mol. The van der Waals surface area contributed by atoms with Crippen LogP contribution >= 0.6 is 18.8 Å². The molecule has 0 aliphatic heterocycles. The summed E-state index contributed by atoms with van der Waals surface area (Å²) in [5.74, 6) is 0. The maximum absolute atomic E-state index is 7.33. The number of hydrogen-bond acceptors (Lipinski definition) is 0. The Hall–Kier alpha value is 1.19. The fraction of sp³-hybridized carbons (Fsp3) is 1.00. The second kappa shape index (κ2) is 8.49. The van der Waals surface area contributed by atoms with E-state index in [0.29, 0.717) is 13.1 Å². The van der Waals surface area contributed by atoms with Crippen LogP contribution in [0.4, 0.5) is 0 Å². The van der Waals surface area contributed by atoms with E-state index < -0.39 is 16.5 Å². The molecule has 0 saturated heterocycles. The van der Waals surface area contributed by atoms with Crippen LogP contribution in [-0.4, -0.2) is 13.1 Å². The van der Waals surface area contributed by atoms with Crippen molar-refractivity contribution in [2.24, 2.45) is 5.41 Å². The molecule has 2 nitrogen and oxygen atoms in total. The molecule has 82 valence electrons. The smallest absolute Gasteiger partial charge is 0.0509 e. The SMILES string of the molecule is [Cl][Pt+2][Cl].[NH-]CC1(C[NH-])CCCCC1. The van der Waals surface area contributed by atoms with Crippen molar-refractivity contribution in [1.29, 1.82) is 0 Å². The molecule has 0 aromatic rings. The molecular formula is C8H16Cl2N2Pt. The summed E-state index contributed by atoms with van der Waals surface area (Å²) in [4.78, 5) is 0. The Morgan fingerprint density at radius 3 is 1.62 bits per heavy atom.